The molecular formula is C12H10FNOS. The molecule has 1 heterocycles. The molecule has 2 aromatic rings. The molecule has 16 heavy (non-hydrogen) atoms. The highest BCUT2D eigenvalue weighted by molar-refractivity contribution is 7.12. The number of nitrogens with zero attached hydrogens (tertiary/aromatic N) is 1. The van der Waals surface area contributed by atoms with E-state index in [2.05, 4.69) is 4.98 Å². The lowest BCUT2D eigenvalue weighted by Gasteiger charge is -2.03. The van der Waals surface area contributed by atoms with Crippen LogP contribution in [0.2, 0.25) is 0 Å². The van der Waals surface area contributed by atoms with E-state index in [0.717, 1.165) is 5.56 Å². The molecule has 0 atom stereocenters. The SMILES string of the molecule is Cc1ccc(F)cc1C(=O)c1scnc1C. The zero-order valence-corrected chi connectivity index (χ0v) is 9.77. The maximum absolute atomic E-state index is 13.1. The van der Waals surface area contributed by atoms with E-state index in [9.17, 15) is 9.18 Å². The van der Waals surface area contributed by atoms with E-state index in [1.165, 1.54) is 23.5 Å². The molecule has 4 heteroatoms. The third-order valence-corrected chi connectivity index (χ3v) is 3.32. The Kier molecular flexibility index (Phi) is 2.83. The number of carbonyl (C=O) groups excluding carboxylic acids is 1. The van der Waals surface area contributed by atoms with Crippen molar-refractivity contribution in [2.45, 2.75) is 13.8 Å². The van der Waals surface area contributed by atoms with Crippen molar-refractivity contribution in [2.24, 2.45) is 0 Å². The van der Waals surface area contributed by atoms with Crippen molar-refractivity contribution >= 4 is 17.1 Å². The number of hydrogen-bond donors (Lipinski definition) is 0. The first-order valence-corrected chi connectivity index (χ1v) is 5.68. The van der Waals surface area contributed by atoms with Crippen LogP contribution in [0.5, 0.6) is 0 Å². The number of rotatable bonds is 2. The van der Waals surface area contributed by atoms with Crippen LogP contribution >= 0.6 is 11.3 Å². The number of benzene rings is 1. The first-order valence-electron chi connectivity index (χ1n) is 4.80. The molecule has 0 aliphatic rings. The van der Waals surface area contributed by atoms with Gasteiger partial charge in [0, 0.05) is 5.56 Å². The summed E-state index contributed by atoms with van der Waals surface area (Å²) in [5.41, 5.74) is 3.50. The second kappa shape index (κ2) is 4.14. The van der Waals surface area contributed by atoms with Crippen LogP contribution in [0.15, 0.2) is 23.7 Å². The van der Waals surface area contributed by atoms with Gasteiger partial charge in [-0.05, 0) is 31.5 Å². The van der Waals surface area contributed by atoms with E-state index in [0.29, 0.717) is 16.1 Å². The molecule has 0 spiro atoms. The molecule has 0 radical (unpaired) electrons. The van der Waals surface area contributed by atoms with Gasteiger partial charge in [0.2, 0.25) is 5.78 Å². The average molecular weight is 235 g/mol. The molecule has 0 fully saturated rings. The van der Waals surface area contributed by atoms with Crippen LogP contribution in [0.1, 0.15) is 26.5 Å². The zero-order valence-electron chi connectivity index (χ0n) is 8.95. The van der Waals surface area contributed by atoms with Crippen molar-refractivity contribution in [3.63, 3.8) is 0 Å². The predicted molar refractivity (Wildman–Crippen MR) is 61.4 cm³/mol. The Hall–Kier alpha value is -1.55. The minimum Gasteiger partial charge on any atom is -0.288 e. The molecule has 0 bridgehead atoms. The molecule has 0 aliphatic heterocycles. The Morgan fingerprint density at radius 2 is 2.12 bits per heavy atom. The zero-order chi connectivity index (χ0) is 11.7. The summed E-state index contributed by atoms with van der Waals surface area (Å²) in [6.07, 6.45) is 0. The summed E-state index contributed by atoms with van der Waals surface area (Å²) >= 11 is 1.28. The van der Waals surface area contributed by atoms with Crippen molar-refractivity contribution in [1.82, 2.24) is 4.98 Å². The van der Waals surface area contributed by atoms with Gasteiger partial charge in [0.25, 0.3) is 0 Å². The standard InChI is InChI=1S/C12H10FNOS/c1-7-3-4-9(13)5-10(7)11(15)12-8(2)14-6-16-12/h3-6H,1-2H3. The molecule has 1 aromatic carbocycles. The molecule has 2 nitrogen and oxygen atoms in total. The molecule has 0 saturated carbocycles. The van der Waals surface area contributed by atoms with Crippen LogP contribution < -0.4 is 0 Å². The second-order valence-corrected chi connectivity index (χ2v) is 4.41. The number of aryl methyl sites for hydroxylation is 2. The highest BCUT2D eigenvalue weighted by Gasteiger charge is 2.16. The van der Waals surface area contributed by atoms with Crippen molar-refractivity contribution < 1.29 is 9.18 Å². The van der Waals surface area contributed by atoms with Gasteiger partial charge in [-0.3, -0.25) is 4.79 Å². The summed E-state index contributed by atoms with van der Waals surface area (Å²) in [6.45, 7) is 3.57. The fourth-order valence-corrected chi connectivity index (χ4v) is 2.24. The van der Waals surface area contributed by atoms with Crippen LogP contribution in [0.3, 0.4) is 0 Å². The Morgan fingerprint density at radius 1 is 1.38 bits per heavy atom. The van der Waals surface area contributed by atoms with Gasteiger partial charge < -0.3 is 0 Å². The highest BCUT2D eigenvalue weighted by Crippen LogP contribution is 2.20. The number of aromatic nitrogens is 1. The molecular weight excluding hydrogens is 225 g/mol. The van der Waals surface area contributed by atoms with E-state index in [4.69, 9.17) is 0 Å². The second-order valence-electron chi connectivity index (χ2n) is 3.56. The van der Waals surface area contributed by atoms with Gasteiger partial charge in [-0.25, -0.2) is 9.37 Å². The smallest absolute Gasteiger partial charge is 0.205 e. The molecule has 0 aliphatic carbocycles. The molecule has 0 unspecified atom stereocenters. The number of hydrogen-bond acceptors (Lipinski definition) is 3. The minimum absolute atomic E-state index is 0.156. The van der Waals surface area contributed by atoms with Gasteiger partial charge in [-0.2, -0.15) is 0 Å². The first kappa shape index (κ1) is 11.0. The number of halogens is 1. The lowest BCUT2D eigenvalue weighted by molar-refractivity contribution is 0.104. The van der Waals surface area contributed by atoms with Crippen LogP contribution in [0.25, 0.3) is 0 Å². The first-order chi connectivity index (χ1) is 7.59. The number of ketones is 1. The molecule has 82 valence electrons. The number of thiazole rings is 1. The van der Waals surface area contributed by atoms with E-state index in [-0.39, 0.29) is 5.78 Å². The van der Waals surface area contributed by atoms with Gasteiger partial charge in [-0.1, -0.05) is 6.07 Å². The summed E-state index contributed by atoms with van der Waals surface area (Å²) < 4.78 is 13.1. The van der Waals surface area contributed by atoms with Crippen LogP contribution in [0.4, 0.5) is 4.39 Å². The van der Waals surface area contributed by atoms with Crippen molar-refractivity contribution in [1.29, 1.82) is 0 Å². The quantitative estimate of drug-likeness (QED) is 0.748. The summed E-state index contributed by atoms with van der Waals surface area (Å²) in [4.78, 5) is 16.7. The summed E-state index contributed by atoms with van der Waals surface area (Å²) in [6, 6.07) is 4.24. The topological polar surface area (TPSA) is 30.0 Å². The van der Waals surface area contributed by atoms with E-state index in [1.807, 2.05) is 0 Å². The summed E-state index contributed by atoms with van der Waals surface area (Å²) in [5.74, 6) is -0.548. The third-order valence-electron chi connectivity index (χ3n) is 2.40. The molecule has 0 amide bonds. The van der Waals surface area contributed by atoms with Crippen molar-refractivity contribution in [2.75, 3.05) is 0 Å². The molecule has 0 saturated heterocycles. The molecule has 0 N–H and O–H groups in total. The molecule has 2 rings (SSSR count). The van der Waals surface area contributed by atoms with Gasteiger partial charge in [0.15, 0.2) is 0 Å². The summed E-state index contributed by atoms with van der Waals surface area (Å²) in [5, 5.41) is 0. The van der Waals surface area contributed by atoms with Gasteiger partial charge in [0.1, 0.15) is 5.82 Å². The maximum Gasteiger partial charge on any atom is 0.205 e. The van der Waals surface area contributed by atoms with E-state index < -0.39 is 5.82 Å². The normalized spacial score (nSPS) is 10.4. The molecule has 1 aromatic heterocycles. The largest absolute Gasteiger partial charge is 0.288 e. The van der Waals surface area contributed by atoms with Crippen LogP contribution in [-0.2, 0) is 0 Å². The monoisotopic (exact) mass is 235 g/mol. The summed E-state index contributed by atoms with van der Waals surface area (Å²) in [7, 11) is 0. The van der Waals surface area contributed by atoms with E-state index >= 15 is 0 Å². The Morgan fingerprint density at radius 3 is 2.75 bits per heavy atom. The maximum atomic E-state index is 13.1. The fraction of sp³-hybridized carbons (Fsp3) is 0.167. The fourth-order valence-electron chi connectivity index (χ4n) is 1.48. The Labute approximate surface area is 96.8 Å². The highest BCUT2D eigenvalue weighted by atomic mass is 32.1. The van der Waals surface area contributed by atoms with Gasteiger partial charge in [-0.15, -0.1) is 11.3 Å². The Bertz CT molecular complexity index is 548. The lowest BCUT2D eigenvalue weighted by Crippen LogP contribution is -2.04. The Balaban J connectivity index is 2.49. The third kappa shape index (κ3) is 1.88. The van der Waals surface area contributed by atoms with Gasteiger partial charge >= 0.3 is 0 Å². The van der Waals surface area contributed by atoms with Crippen molar-refractivity contribution in [3.05, 3.63) is 51.2 Å². The minimum atomic E-state index is -0.392. The van der Waals surface area contributed by atoms with Crippen LogP contribution in [0, 0.1) is 19.7 Å². The lowest BCUT2D eigenvalue weighted by atomic mass is 10.0. The predicted octanol–water partition coefficient (Wildman–Crippen LogP) is 3.13. The average Bonchev–Trinajstić information content (AvgIpc) is 2.67. The van der Waals surface area contributed by atoms with Crippen molar-refractivity contribution in [3.8, 4) is 0 Å². The van der Waals surface area contributed by atoms with Crippen LogP contribution in [-0.4, -0.2) is 10.8 Å². The van der Waals surface area contributed by atoms with E-state index in [1.54, 1.807) is 25.4 Å². The van der Waals surface area contributed by atoms with Gasteiger partial charge in [0.05, 0.1) is 16.1 Å². The number of carbonyl (C=O) groups is 1.